The largest absolute Gasteiger partial charge is 0.492 e. The van der Waals surface area contributed by atoms with Crippen molar-refractivity contribution in [1.29, 1.82) is 0 Å². The third-order valence-corrected chi connectivity index (χ3v) is 9.88. The average Bonchev–Trinajstić information content (AvgIpc) is 2.92. The maximum atomic E-state index is 13.2. The van der Waals surface area contributed by atoms with Crippen molar-refractivity contribution in [3.05, 3.63) is 39.3 Å². The van der Waals surface area contributed by atoms with Crippen LogP contribution in [0.5, 0.6) is 11.5 Å². The minimum absolute atomic E-state index is 0.134. The monoisotopic (exact) mass is 688 g/mol. The molecule has 2 fully saturated rings. The molecule has 0 atom stereocenters. The van der Waals surface area contributed by atoms with Crippen molar-refractivity contribution >= 4 is 59.2 Å². The van der Waals surface area contributed by atoms with Crippen LogP contribution in [0.25, 0.3) is 0 Å². The first-order valence-electron chi connectivity index (χ1n) is 13.0. The summed E-state index contributed by atoms with van der Waals surface area (Å²) >= 11 is 6.70. The van der Waals surface area contributed by atoms with Crippen molar-refractivity contribution in [3.8, 4) is 11.5 Å². The number of halogens is 2. The Bertz CT molecular complexity index is 1270. The molecule has 13 heteroatoms. The third kappa shape index (κ3) is 7.44. The highest BCUT2D eigenvalue weighted by Crippen LogP contribution is 2.39. The molecule has 0 bridgehead atoms. The van der Waals surface area contributed by atoms with Gasteiger partial charge in [0.1, 0.15) is 11.5 Å². The Labute approximate surface area is 246 Å². The summed E-state index contributed by atoms with van der Waals surface area (Å²) in [6.45, 7) is 9.14. The van der Waals surface area contributed by atoms with Gasteiger partial charge in [-0.25, -0.2) is 8.42 Å². The molecule has 1 amide bonds. The summed E-state index contributed by atoms with van der Waals surface area (Å²) in [5.74, 6) is 1.05. The van der Waals surface area contributed by atoms with Crippen molar-refractivity contribution in [2.45, 2.75) is 18.7 Å². The van der Waals surface area contributed by atoms with Crippen molar-refractivity contribution < 1.29 is 27.4 Å². The number of rotatable bonds is 10. The van der Waals surface area contributed by atoms with E-state index in [1.54, 1.807) is 18.2 Å². The fraction of sp³-hybridized carbons (Fsp3) is 0.500. The molecule has 2 aromatic carbocycles. The number of ether oxygens (including phenoxy) is 3. The molecule has 2 aliphatic heterocycles. The fourth-order valence-electron chi connectivity index (χ4n) is 4.58. The number of sulfonamides is 1. The van der Waals surface area contributed by atoms with Gasteiger partial charge in [0.05, 0.1) is 49.2 Å². The lowest BCUT2D eigenvalue weighted by Gasteiger charge is -2.33. The van der Waals surface area contributed by atoms with Crippen LogP contribution in [0.1, 0.15) is 13.8 Å². The molecule has 0 spiro atoms. The molecule has 0 aliphatic carbocycles. The molecule has 2 saturated heterocycles. The molecule has 1 N–H and O–H groups in total. The zero-order valence-electron chi connectivity index (χ0n) is 22.1. The molecule has 2 aromatic rings. The van der Waals surface area contributed by atoms with E-state index in [9.17, 15) is 13.2 Å². The average molecular weight is 690 g/mol. The fourth-order valence-corrected chi connectivity index (χ4v) is 7.46. The molecule has 39 heavy (non-hydrogen) atoms. The highest BCUT2D eigenvalue weighted by molar-refractivity contribution is 9.11. The molecule has 2 aliphatic rings. The van der Waals surface area contributed by atoms with Gasteiger partial charge >= 0.3 is 0 Å². The van der Waals surface area contributed by atoms with E-state index in [0.29, 0.717) is 78.7 Å². The number of anilines is 2. The summed E-state index contributed by atoms with van der Waals surface area (Å²) in [7, 11) is -3.66. The van der Waals surface area contributed by atoms with Gasteiger partial charge in [-0.1, -0.05) is 15.9 Å². The lowest BCUT2D eigenvalue weighted by molar-refractivity contribution is -0.117. The molecule has 0 unspecified atom stereocenters. The molecule has 2 heterocycles. The van der Waals surface area contributed by atoms with Crippen LogP contribution < -0.4 is 19.7 Å². The Morgan fingerprint density at radius 3 is 2.28 bits per heavy atom. The number of carbonyl (C=O) groups excluding carboxylic acids is 1. The molecular formula is C26H34Br2N4O6S. The van der Waals surface area contributed by atoms with Crippen LogP contribution in [-0.4, -0.2) is 95.8 Å². The van der Waals surface area contributed by atoms with Gasteiger partial charge in [0.15, 0.2) is 0 Å². The van der Waals surface area contributed by atoms with Gasteiger partial charge < -0.3 is 24.4 Å². The van der Waals surface area contributed by atoms with Crippen LogP contribution in [-0.2, 0) is 19.6 Å². The summed E-state index contributed by atoms with van der Waals surface area (Å²) in [5, 5.41) is 2.98. The highest BCUT2D eigenvalue weighted by atomic mass is 79.9. The zero-order chi connectivity index (χ0) is 28.0. The van der Waals surface area contributed by atoms with Crippen LogP contribution in [0.3, 0.4) is 0 Å². The Morgan fingerprint density at radius 2 is 1.62 bits per heavy atom. The second kappa shape index (κ2) is 13.6. The van der Waals surface area contributed by atoms with Crippen molar-refractivity contribution in [2.24, 2.45) is 0 Å². The summed E-state index contributed by atoms with van der Waals surface area (Å²) < 4.78 is 46.4. The lowest BCUT2D eigenvalue weighted by Crippen LogP contribution is -2.50. The van der Waals surface area contributed by atoms with Gasteiger partial charge in [0.25, 0.3) is 0 Å². The Morgan fingerprint density at radius 1 is 0.949 bits per heavy atom. The number of nitrogens with one attached hydrogen (secondary N) is 1. The second-order valence-corrected chi connectivity index (χ2v) is 12.8. The number of amides is 1. The SMILES string of the molecule is CCOc1cc(N2CCOCC2)c(OCC)cc1NC(=O)CN1CCN(S(=O)(=O)c2cc(Br)ccc2Br)CC1. The highest BCUT2D eigenvalue weighted by Gasteiger charge is 2.31. The van der Waals surface area contributed by atoms with E-state index in [4.69, 9.17) is 14.2 Å². The quantitative estimate of drug-likeness (QED) is 0.403. The topological polar surface area (TPSA) is 101 Å². The molecule has 0 radical (unpaired) electrons. The Hall–Kier alpha value is -1.90. The number of morpholine rings is 1. The van der Waals surface area contributed by atoms with E-state index < -0.39 is 10.0 Å². The first-order valence-corrected chi connectivity index (χ1v) is 16.0. The molecule has 10 nitrogen and oxygen atoms in total. The van der Waals surface area contributed by atoms with Crippen LogP contribution in [0.4, 0.5) is 11.4 Å². The van der Waals surface area contributed by atoms with E-state index in [0.717, 1.165) is 18.8 Å². The van der Waals surface area contributed by atoms with Gasteiger partial charge in [0.2, 0.25) is 15.9 Å². The van der Waals surface area contributed by atoms with Crippen LogP contribution in [0.15, 0.2) is 44.2 Å². The Balaban J connectivity index is 1.42. The smallest absolute Gasteiger partial charge is 0.244 e. The number of hydrogen-bond acceptors (Lipinski definition) is 8. The number of benzene rings is 2. The first kappa shape index (κ1) is 30.1. The minimum Gasteiger partial charge on any atom is -0.492 e. The third-order valence-electron chi connectivity index (χ3n) is 6.50. The van der Waals surface area contributed by atoms with Gasteiger partial charge in [0, 0.05) is 60.3 Å². The van der Waals surface area contributed by atoms with E-state index in [2.05, 4.69) is 42.1 Å². The number of hydrogen-bond donors (Lipinski definition) is 1. The zero-order valence-corrected chi connectivity index (χ0v) is 26.1. The van der Waals surface area contributed by atoms with E-state index in [1.165, 1.54) is 4.31 Å². The molecular weight excluding hydrogens is 656 g/mol. The normalized spacial score (nSPS) is 17.2. The molecule has 4 rings (SSSR count). The number of carbonyl (C=O) groups is 1. The molecule has 0 saturated carbocycles. The van der Waals surface area contributed by atoms with Crippen molar-refractivity contribution in [3.63, 3.8) is 0 Å². The first-order chi connectivity index (χ1) is 18.7. The molecule has 0 aromatic heterocycles. The van der Waals surface area contributed by atoms with Gasteiger partial charge in [-0.05, 0) is 48.0 Å². The summed E-state index contributed by atoms with van der Waals surface area (Å²) in [4.78, 5) is 17.4. The second-order valence-electron chi connectivity index (χ2n) is 9.08. The van der Waals surface area contributed by atoms with Crippen LogP contribution in [0.2, 0.25) is 0 Å². The number of nitrogens with zero attached hydrogens (tertiary/aromatic N) is 3. The van der Waals surface area contributed by atoms with Crippen LogP contribution >= 0.6 is 31.9 Å². The predicted octanol–water partition coefficient (Wildman–Crippen LogP) is 3.79. The van der Waals surface area contributed by atoms with Gasteiger partial charge in [-0.2, -0.15) is 4.31 Å². The Kier molecular flexibility index (Phi) is 10.5. The number of piperazine rings is 1. The lowest BCUT2D eigenvalue weighted by atomic mass is 10.2. The minimum atomic E-state index is -3.66. The van der Waals surface area contributed by atoms with Gasteiger partial charge in [-0.3, -0.25) is 9.69 Å². The predicted molar refractivity (Wildman–Crippen MR) is 157 cm³/mol. The van der Waals surface area contributed by atoms with Gasteiger partial charge in [-0.15, -0.1) is 0 Å². The van der Waals surface area contributed by atoms with E-state index in [1.807, 2.05) is 30.9 Å². The van der Waals surface area contributed by atoms with E-state index in [-0.39, 0.29) is 17.3 Å². The molecule has 214 valence electrons. The van der Waals surface area contributed by atoms with E-state index >= 15 is 0 Å². The maximum Gasteiger partial charge on any atom is 0.244 e. The van der Waals surface area contributed by atoms with Crippen molar-refractivity contribution in [2.75, 3.05) is 82.5 Å². The standard InChI is InChI=1S/C26H34Br2N4O6S/c1-3-37-23-17-22(31-11-13-36-14-12-31)24(38-4-2)16-21(23)29-26(33)18-30-7-9-32(10-8-30)39(34,35)25-15-19(27)5-6-20(25)28/h5-6,15-17H,3-4,7-14,18H2,1-2H3,(H,29,33). The van der Waals surface area contributed by atoms with Crippen molar-refractivity contribution in [1.82, 2.24) is 9.21 Å². The van der Waals surface area contributed by atoms with Crippen LogP contribution in [0, 0.1) is 0 Å². The maximum absolute atomic E-state index is 13.2. The summed E-state index contributed by atoms with van der Waals surface area (Å²) in [6, 6.07) is 8.81. The summed E-state index contributed by atoms with van der Waals surface area (Å²) in [6.07, 6.45) is 0. The summed E-state index contributed by atoms with van der Waals surface area (Å²) in [5.41, 5.74) is 1.46.